The van der Waals surface area contributed by atoms with Gasteiger partial charge in [0, 0.05) is 6.04 Å². The first kappa shape index (κ1) is 10.6. The first-order valence-corrected chi connectivity index (χ1v) is 6.56. The van der Waals surface area contributed by atoms with Crippen LogP contribution in [0.25, 0.3) is 0 Å². The molecule has 94 valence electrons. The van der Waals surface area contributed by atoms with E-state index in [0.717, 1.165) is 6.42 Å². The van der Waals surface area contributed by atoms with Gasteiger partial charge in [-0.05, 0) is 38.3 Å². The third-order valence-electron chi connectivity index (χ3n) is 4.37. The van der Waals surface area contributed by atoms with Crippen molar-refractivity contribution < 1.29 is 9.53 Å². The highest BCUT2D eigenvalue weighted by Crippen LogP contribution is 2.76. The lowest BCUT2D eigenvalue weighted by Gasteiger charge is -2.37. The molecule has 18 heavy (non-hydrogen) atoms. The molecule has 1 aromatic rings. The Balaban J connectivity index is 1.65. The summed E-state index contributed by atoms with van der Waals surface area (Å²) in [6, 6.07) is 9.22. The number of esters is 1. The van der Waals surface area contributed by atoms with Crippen LogP contribution >= 0.6 is 0 Å². The van der Waals surface area contributed by atoms with E-state index in [1.165, 1.54) is 11.1 Å². The summed E-state index contributed by atoms with van der Waals surface area (Å²) >= 11 is 0. The first-order valence-electron chi connectivity index (χ1n) is 6.56. The quantitative estimate of drug-likeness (QED) is 0.561. The second-order valence-electron chi connectivity index (χ2n) is 6.58. The molecule has 3 aliphatic heterocycles. The van der Waals surface area contributed by atoms with Crippen LogP contribution in [0.2, 0.25) is 0 Å². The van der Waals surface area contributed by atoms with Gasteiger partial charge in [-0.1, -0.05) is 24.3 Å². The summed E-state index contributed by atoms with van der Waals surface area (Å²) in [4.78, 5) is 14.7. The molecular formula is C15H17NO2. The molecule has 0 spiro atoms. The smallest absolute Gasteiger partial charge is 0.329 e. The van der Waals surface area contributed by atoms with Gasteiger partial charge in [-0.25, -0.2) is 4.79 Å². The zero-order valence-electron chi connectivity index (χ0n) is 10.9. The van der Waals surface area contributed by atoms with E-state index < -0.39 is 5.60 Å². The maximum atomic E-state index is 12.3. The lowest BCUT2D eigenvalue weighted by molar-refractivity contribution is -0.164. The van der Waals surface area contributed by atoms with E-state index in [9.17, 15) is 4.79 Å². The number of hydrogen-bond donors (Lipinski definition) is 0. The molecule has 0 radical (unpaired) electrons. The summed E-state index contributed by atoms with van der Waals surface area (Å²) in [6.07, 6.45) is 0.934. The Morgan fingerprint density at radius 2 is 2.00 bits per heavy atom. The van der Waals surface area contributed by atoms with Gasteiger partial charge >= 0.3 is 5.97 Å². The number of carbonyl (C=O) groups excluding carboxylic acids is 1. The van der Waals surface area contributed by atoms with Crippen molar-refractivity contribution in [2.75, 3.05) is 0 Å². The number of rotatable bonds is 1. The second-order valence-corrected chi connectivity index (χ2v) is 6.58. The molecule has 0 saturated carbocycles. The van der Waals surface area contributed by atoms with Crippen molar-refractivity contribution in [2.45, 2.75) is 50.4 Å². The van der Waals surface area contributed by atoms with Gasteiger partial charge in [0.1, 0.15) is 11.1 Å². The summed E-state index contributed by atoms with van der Waals surface area (Å²) in [7, 11) is 0. The van der Waals surface area contributed by atoms with E-state index in [1.54, 1.807) is 0 Å². The number of ether oxygens (including phenoxy) is 1. The van der Waals surface area contributed by atoms with Crippen LogP contribution in [0.4, 0.5) is 0 Å². The molecule has 0 amide bonds. The van der Waals surface area contributed by atoms with Crippen molar-refractivity contribution in [2.24, 2.45) is 0 Å². The molecule has 2 saturated heterocycles. The molecule has 2 fully saturated rings. The van der Waals surface area contributed by atoms with Gasteiger partial charge < -0.3 is 4.74 Å². The Hall–Kier alpha value is -1.35. The van der Waals surface area contributed by atoms with Crippen LogP contribution in [0.15, 0.2) is 24.3 Å². The highest BCUT2D eigenvalue weighted by atomic mass is 16.6. The number of nitrogens with zero attached hydrogens (tertiary/aromatic N) is 1. The van der Waals surface area contributed by atoms with E-state index in [0.29, 0.717) is 6.04 Å². The number of hydrogen-bond acceptors (Lipinski definition) is 3. The van der Waals surface area contributed by atoms with Gasteiger partial charge in [-0.2, -0.15) is 0 Å². The summed E-state index contributed by atoms with van der Waals surface area (Å²) < 4.78 is 5.57. The molecule has 3 nitrogen and oxygen atoms in total. The minimum absolute atomic E-state index is 0.0363. The average Bonchev–Trinajstić information content (AvgIpc) is 2.67. The first-order chi connectivity index (χ1) is 8.45. The normalized spacial score (nSPS) is 38.5. The number of fused-ring (bicyclic) bond motifs is 4. The van der Waals surface area contributed by atoms with Crippen molar-refractivity contribution in [3.05, 3.63) is 35.4 Å². The maximum Gasteiger partial charge on any atom is 0.329 e. The Morgan fingerprint density at radius 3 is 2.67 bits per heavy atom. The van der Waals surface area contributed by atoms with Crippen molar-refractivity contribution in [1.82, 2.24) is 4.90 Å². The van der Waals surface area contributed by atoms with Crippen LogP contribution in [0, 0.1) is 0 Å². The Kier molecular flexibility index (Phi) is 1.64. The molecule has 3 heterocycles. The molecule has 0 aromatic heterocycles. The van der Waals surface area contributed by atoms with Crippen LogP contribution in [-0.4, -0.2) is 22.0 Å². The zero-order valence-corrected chi connectivity index (χ0v) is 10.9. The summed E-state index contributed by atoms with van der Waals surface area (Å²) in [5.41, 5.74) is 2.04. The fraction of sp³-hybridized carbons (Fsp3) is 0.533. The zero-order chi connectivity index (χ0) is 12.7. The van der Waals surface area contributed by atoms with Crippen LogP contribution in [0.5, 0.6) is 0 Å². The average molecular weight is 243 g/mol. The minimum atomic E-state index is -0.394. The van der Waals surface area contributed by atoms with E-state index in [2.05, 4.69) is 29.2 Å². The Morgan fingerprint density at radius 1 is 1.33 bits per heavy atom. The third kappa shape index (κ3) is 1.02. The van der Waals surface area contributed by atoms with Crippen molar-refractivity contribution in [3.63, 3.8) is 0 Å². The van der Waals surface area contributed by atoms with E-state index in [4.69, 9.17) is 4.74 Å². The second kappa shape index (κ2) is 2.80. The summed E-state index contributed by atoms with van der Waals surface area (Å²) in [6.45, 7) is 5.79. The topological polar surface area (TPSA) is 29.3 Å². The van der Waals surface area contributed by atoms with Gasteiger partial charge in [0.05, 0.1) is 6.04 Å². The fourth-order valence-electron chi connectivity index (χ4n) is 3.71. The summed E-state index contributed by atoms with van der Waals surface area (Å²) in [5, 5.41) is 0. The van der Waals surface area contributed by atoms with Gasteiger partial charge in [0.2, 0.25) is 0 Å². The molecule has 2 unspecified atom stereocenters. The van der Waals surface area contributed by atoms with Crippen LogP contribution in [0.3, 0.4) is 0 Å². The molecule has 0 N–H and O–H groups in total. The molecule has 4 rings (SSSR count). The highest BCUT2D eigenvalue weighted by Gasteiger charge is 2.83. The third-order valence-corrected chi connectivity index (χ3v) is 4.37. The molecular weight excluding hydrogens is 226 g/mol. The lowest BCUT2D eigenvalue weighted by atomic mass is 9.78. The molecule has 3 aliphatic rings. The standard InChI is InChI=1S/C15H17NO2/c1-14(2,3)18-13(17)15-8-11-9-6-4-5-7-10(9)12(15)16(11)15/h4-7,11-12H,8H2,1-3H3/t11-,12-,15?,16?/m1/s1. The minimum Gasteiger partial charge on any atom is -0.459 e. The number of carbonyl (C=O) groups is 1. The van der Waals surface area contributed by atoms with Crippen molar-refractivity contribution in [3.8, 4) is 0 Å². The van der Waals surface area contributed by atoms with Gasteiger partial charge in [0.25, 0.3) is 0 Å². The highest BCUT2D eigenvalue weighted by molar-refractivity contribution is 5.90. The molecule has 0 bridgehead atoms. The maximum absolute atomic E-state index is 12.3. The predicted molar refractivity (Wildman–Crippen MR) is 67.0 cm³/mol. The monoisotopic (exact) mass is 243 g/mol. The van der Waals surface area contributed by atoms with Crippen LogP contribution < -0.4 is 0 Å². The van der Waals surface area contributed by atoms with Crippen molar-refractivity contribution >= 4 is 5.97 Å². The van der Waals surface area contributed by atoms with E-state index in [-0.39, 0.29) is 17.6 Å². The molecule has 1 aromatic carbocycles. The molecule has 4 atom stereocenters. The molecule has 3 heteroatoms. The largest absolute Gasteiger partial charge is 0.459 e. The summed E-state index contributed by atoms with van der Waals surface area (Å²) in [5.74, 6) is -0.0363. The molecule has 0 aliphatic carbocycles. The lowest BCUT2D eigenvalue weighted by Crippen LogP contribution is -2.47. The SMILES string of the molecule is CC(C)(C)OC(=O)C12C[C@@H]3c4ccccc4[C@H]1N32. The predicted octanol–water partition coefficient (Wildman–Crippen LogP) is 2.58. The van der Waals surface area contributed by atoms with Gasteiger partial charge in [0.15, 0.2) is 0 Å². The Bertz CT molecular complexity index is 560. The van der Waals surface area contributed by atoms with Crippen LogP contribution in [-0.2, 0) is 9.53 Å². The fourth-order valence-corrected chi connectivity index (χ4v) is 3.71. The van der Waals surface area contributed by atoms with Gasteiger partial charge in [-0.15, -0.1) is 0 Å². The van der Waals surface area contributed by atoms with E-state index >= 15 is 0 Å². The number of benzene rings is 1. The van der Waals surface area contributed by atoms with Gasteiger partial charge in [-0.3, -0.25) is 4.90 Å². The van der Waals surface area contributed by atoms with Crippen molar-refractivity contribution in [1.29, 1.82) is 0 Å². The van der Waals surface area contributed by atoms with E-state index in [1.807, 2.05) is 20.8 Å². The van der Waals surface area contributed by atoms with Crippen LogP contribution in [0.1, 0.15) is 50.4 Å². The Labute approximate surface area is 107 Å².